The van der Waals surface area contributed by atoms with Crippen molar-refractivity contribution >= 4 is 23.4 Å². The molecule has 2 saturated heterocycles. The van der Waals surface area contributed by atoms with Gasteiger partial charge in [-0.3, -0.25) is 19.3 Å². The number of likely N-dealkylation sites (tertiary alicyclic amines) is 1. The Morgan fingerprint density at radius 2 is 1.84 bits per heavy atom. The topological polar surface area (TPSA) is 102 Å². The molecule has 0 saturated carbocycles. The van der Waals surface area contributed by atoms with Crippen LogP contribution >= 0.6 is 0 Å². The third-order valence-corrected chi connectivity index (χ3v) is 5.11. The quantitative estimate of drug-likeness (QED) is 0.788. The van der Waals surface area contributed by atoms with Crippen molar-refractivity contribution in [1.82, 2.24) is 4.90 Å². The summed E-state index contributed by atoms with van der Waals surface area (Å²) in [5, 5.41) is 0. The molecule has 0 spiro atoms. The highest BCUT2D eigenvalue weighted by molar-refractivity contribution is 6.22. The molecule has 8 nitrogen and oxygen atoms in total. The van der Waals surface area contributed by atoms with Gasteiger partial charge in [0.05, 0.1) is 18.2 Å². The van der Waals surface area contributed by atoms with Crippen LogP contribution < -0.4 is 20.1 Å². The van der Waals surface area contributed by atoms with E-state index in [1.54, 1.807) is 18.2 Å². The van der Waals surface area contributed by atoms with E-state index in [4.69, 9.17) is 15.2 Å². The molecular formula is C17H19N3O5. The molecular weight excluding hydrogens is 326 g/mol. The van der Waals surface area contributed by atoms with Crippen molar-refractivity contribution in [3.63, 3.8) is 0 Å². The molecule has 8 heteroatoms. The molecule has 4 rings (SSSR count). The second kappa shape index (κ2) is 6.03. The molecule has 2 N–H and O–H groups in total. The van der Waals surface area contributed by atoms with Gasteiger partial charge in [-0.25, -0.2) is 4.90 Å². The van der Waals surface area contributed by atoms with Crippen LogP contribution in [-0.2, 0) is 14.4 Å². The Morgan fingerprint density at radius 1 is 1.12 bits per heavy atom. The first-order valence-electron chi connectivity index (χ1n) is 8.34. The van der Waals surface area contributed by atoms with Gasteiger partial charge in [0.1, 0.15) is 0 Å². The molecule has 0 aromatic heterocycles. The van der Waals surface area contributed by atoms with E-state index in [9.17, 15) is 14.4 Å². The number of piperidine rings is 1. The molecule has 3 aliphatic heterocycles. The maximum absolute atomic E-state index is 12.8. The number of hydrogen-bond donors (Lipinski definition) is 1. The molecule has 0 aliphatic carbocycles. The summed E-state index contributed by atoms with van der Waals surface area (Å²) in [6, 6.07) is 4.56. The molecule has 3 aliphatic rings. The summed E-state index contributed by atoms with van der Waals surface area (Å²) >= 11 is 0. The van der Waals surface area contributed by atoms with Gasteiger partial charge in [0.2, 0.25) is 18.6 Å². The number of anilines is 1. The first-order valence-corrected chi connectivity index (χ1v) is 8.34. The fourth-order valence-corrected chi connectivity index (χ4v) is 3.69. The van der Waals surface area contributed by atoms with Crippen molar-refractivity contribution in [1.29, 1.82) is 0 Å². The molecule has 1 aromatic rings. The average Bonchev–Trinajstić information content (AvgIpc) is 3.18. The van der Waals surface area contributed by atoms with Gasteiger partial charge in [-0.05, 0) is 38.1 Å². The van der Waals surface area contributed by atoms with Gasteiger partial charge in [0, 0.05) is 12.0 Å². The van der Waals surface area contributed by atoms with Crippen LogP contribution in [0.5, 0.6) is 11.5 Å². The maximum atomic E-state index is 12.8. The molecule has 0 unspecified atom stereocenters. The smallest absolute Gasteiger partial charge is 0.251 e. The van der Waals surface area contributed by atoms with Gasteiger partial charge in [0.25, 0.3) is 5.91 Å². The number of primary amides is 1. The standard InChI is InChI=1S/C17H19N3O5/c18-16(22)10-3-5-19(6-4-10)12-8-15(21)20(17(12)23)11-1-2-13-14(7-11)25-9-24-13/h1-2,7,10,12H,3-6,8-9H2,(H2,18,22)/t12-/m0/s1. The summed E-state index contributed by atoms with van der Waals surface area (Å²) in [4.78, 5) is 39.7. The van der Waals surface area contributed by atoms with Crippen LogP contribution in [0.3, 0.4) is 0 Å². The summed E-state index contributed by atoms with van der Waals surface area (Å²) < 4.78 is 10.6. The van der Waals surface area contributed by atoms with Crippen molar-refractivity contribution in [2.45, 2.75) is 25.3 Å². The molecule has 25 heavy (non-hydrogen) atoms. The Labute approximate surface area is 144 Å². The molecule has 1 aromatic carbocycles. The number of carbonyl (C=O) groups excluding carboxylic acids is 3. The number of carbonyl (C=O) groups is 3. The SMILES string of the molecule is NC(=O)C1CCN([C@H]2CC(=O)N(c3ccc4c(c3)OCO4)C2=O)CC1. The van der Waals surface area contributed by atoms with Crippen molar-refractivity contribution in [3.05, 3.63) is 18.2 Å². The van der Waals surface area contributed by atoms with E-state index in [0.717, 1.165) is 0 Å². The summed E-state index contributed by atoms with van der Waals surface area (Å²) in [6.07, 6.45) is 1.39. The molecule has 3 amide bonds. The lowest BCUT2D eigenvalue weighted by molar-refractivity contribution is -0.124. The number of nitrogens with two attached hydrogens (primary N) is 1. The minimum Gasteiger partial charge on any atom is -0.454 e. The van der Waals surface area contributed by atoms with E-state index >= 15 is 0 Å². The number of imide groups is 1. The largest absolute Gasteiger partial charge is 0.454 e. The van der Waals surface area contributed by atoms with Crippen LogP contribution in [0.4, 0.5) is 5.69 Å². The number of ether oxygens (including phenoxy) is 2. The molecule has 0 bridgehead atoms. The Hall–Kier alpha value is -2.61. The van der Waals surface area contributed by atoms with Gasteiger partial charge in [-0.15, -0.1) is 0 Å². The molecule has 3 heterocycles. The Bertz CT molecular complexity index is 742. The zero-order valence-electron chi connectivity index (χ0n) is 13.6. The Balaban J connectivity index is 1.50. The van der Waals surface area contributed by atoms with Crippen molar-refractivity contribution in [2.24, 2.45) is 11.7 Å². The average molecular weight is 345 g/mol. The van der Waals surface area contributed by atoms with E-state index in [-0.39, 0.29) is 36.9 Å². The van der Waals surface area contributed by atoms with Crippen molar-refractivity contribution in [3.8, 4) is 11.5 Å². The lowest BCUT2D eigenvalue weighted by atomic mass is 9.95. The van der Waals surface area contributed by atoms with Gasteiger partial charge in [-0.2, -0.15) is 0 Å². The van der Waals surface area contributed by atoms with Crippen LogP contribution in [0.25, 0.3) is 0 Å². The molecule has 2 fully saturated rings. The first-order chi connectivity index (χ1) is 12.0. The zero-order valence-corrected chi connectivity index (χ0v) is 13.6. The van der Waals surface area contributed by atoms with Crippen LogP contribution in [0, 0.1) is 5.92 Å². The minimum absolute atomic E-state index is 0.137. The predicted molar refractivity (Wildman–Crippen MR) is 87.0 cm³/mol. The number of nitrogens with zero attached hydrogens (tertiary/aromatic N) is 2. The Kier molecular flexibility index (Phi) is 3.84. The number of rotatable bonds is 3. The highest BCUT2D eigenvalue weighted by Crippen LogP contribution is 2.37. The lowest BCUT2D eigenvalue weighted by Crippen LogP contribution is -2.47. The van der Waals surface area contributed by atoms with Crippen LogP contribution in [0.2, 0.25) is 0 Å². The van der Waals surface area contributed by atoms with E-state index in [2.05, 4.69) is 0 Å². The summed E-state index contributed by atoms with van der Waals surface area (Å²) in [5.41, 5.74) is 5.84. The van der Waals surface area contributed by atoms with Gasteiger partial charge in [0.15, 0.2) is 11.5 Å². The maximum Gasteiger partial charge on any atom is 0.251 e. The highest BCUT2D eigenvalue weighted by Gasteiger charge is 2.44. The second-order valence-electron chi connectivity index (χ2n) is 6.54. The first kappa shape index (κ1) is 15.9. The summed E-state index contributed by atoms with van der Waals surface area (Å²) in [7, 11) is 0. The monoisotopic (exact) mass is 345 g/mol. The third-order valence-electron chi connectivity index (χ3n) is 5.11. The van der Waals surface area contributed by atoms with Gasteiger partial charge >= 0.3 is 0 Å². The molecule has 1 atom stereocenters. The summed E-state index contributed by atoms with van der Waals surface area (Å²) in [6.45, 7) is 1.32. The number of hydrogen-bond acceptors (Lipinski definition) is 6. The summed E-state index contributed by atoms with van der Waals surface area (Å²) in [5.74, 6) is 0.230. The van der Waals surface area contributed by atoms with Crippen LogP contribution in [0.15, 0.2) is 18.2 Å². The van der Waals surface area contributed by atoms with Crippen LogP contribution in [0.1, 0.15) is 19.3 Å². The highest BCUT2D eigenvalue weighted by atomic mass is 16.7. The molecule has 132 valence electrons. The number of fused-ring (bicyclic) bond motifs is 1. The van der Waals surface area contributed by atoms with E-state index in [1.165, 1.54) is 4.90 Å². The van der Waals surface area contributed by atoms with Crippen LogP contribution in [-0.4, -0.2) is 48.5 Å². The second-order valence-corrected chi connectivity index (χ2v) is 6.54. The van der Waals surface area contributed by atoms with E-state index in [1.807, 2.05) is 4.90 Å². The zero-order chi connectivity index (χ0) is 17.6. The number of amides is 3. The van der Waals surface area contributed by atoms with Gasteiger partial charge < -0.3 is 15.2 Å². The van der Waals surface area contributed by atoms with E-state index < -0.39 is 6.04 Å². The fraction of sp³-hybridized carbons (Fsp3) is 0.471. The lowest BCUT2D eigenvalue weighted by Gasteiger charge is -2.33. The normalized spacial score (nSPS) is 24.2. The van der Waals surface area contributed by atoms with Crippen molar-refractivity contribution in [2.75, 3.05) is 24.8 Å². The number of benzene rings is 1. The Morgan fingerprint density at radius 3 is 2.56 bits per heavy atom. The van der Waals surface area contributed by atoms with E-state index in [0.29, 0.717) is 43.1 Å². The van der Waals surface area contributed by atoms with Crippen molar-refractivity contribution < 1.29 is 23.9 Å². The third kappa shape index (κ3) is 2.72. The predicted octanol–water partition coefficient (Wildman–Crippen LogP) is 0.244. The minimum atomic E-state index is -0.480. The fourth-order valence-electron chi connectivity index (χ4n) is 3.69. The molecule has 0 radical (unpaired) electrons. The van der Waals surface area contributed by atoms with Gasteiger partial charge in [-0.1, -0.05) is 0 Å².